The van der Waals surface area contributed by atoms with Crippen molar-refractivity contribution in [3.8, 4) is 0 Å². The van der Waals surface area contributed by atoms with Gasteiger partial charge in [-0.25, -0.2) is 0 Å². The molecule has 7 nitrogen and oxygen atoms in total. The molecule has 2 aromatic heterocycles. The largest absolute Gasteiger partial charge is 0.357 e. The van der Waals surface area contributed by atoms with Gasteiger partial charge in [-0.15, -0.1) is 0 Å². The maximum absolute atomic E-state index is 4.68. The van der Waals surface area contributed by atoms with Crippen LogP contribution in [0.5, 0.6) is 0 Å². The fourth-order valence-corrected chi connectivity index (χ4v) is 3.52. The molecule has 0 aliphatic carbocycles. The van der Waals surface area contributed by atoms with Gasteiger partial charge in [-0.2, -0.15) is 15.1 Å². The van der Waals surface area contributed by atoms with E-state index in [0.29, 0.717) is 12.0 Å². The van der Waals surface area contributed by atoms with Gasteiger partial charge in [-0.05, 0) is 19.4 Å². The van der Waals surface area contributed by atoms with E-state index in [4.69, 9.17) is 0 Å². The second-order valence-corrected chi connectivity index (χ2v) is 5.88. The molecule has 2 aromatic rings. The molecule has 2 aliphatic heterocycles. The molecule has 2 saturated heterocycles. The minimum atomic E-state index is 0.646. The van der Waals surface area contributed by atoms with Crippen LogP contribution in [0.3, 0.4) is 0 Å². The SMILES string of the molecule is CNc1nc(N2CCN3CCCCC3C2)c2cn[nH]c2n1. The Morgan fingerprint density at radius 3 is 3.10 bits per heavy atom. The van der Waals surface area contributed by atoms with E-state index in [2.05, 4.69) is 35.3 Å². The van der Waals surface area contributed by atoms with Gasteiger partial charge in [0.25, 0.3) is 0 Å². The molecule has 0 radical (unpaired) electrons. The molecule has 2 N–H and O–H groups in total. The van der Waals surface area contributed by atoms with Crippen molar-refractivity contribution in [2.75, 3.05) is 43.4 Å². The molecule has 0 amide bonds. The van der Waals surface area contributed by atoms with Gasteiger partial charge in [0.1, 0.15) is 5.82 Å². The molecule has 2 aliphatic rings. The number of piperidine rings is 1. The Kier molecular flexibility index (Phi) is 3.14. The first-order valence-electron chi connectivity index (χ1n) is 7.73. The monoisotopic (exact) mass is 287 g/mol. The summed E-state index contributed by atoms with van der Waals surface area (Å²) in [5, 5.41) is 11.1. The van der Waals surface area contributed by atoms with Crippen molar-refractivity contribution in [1.29, 1.82) is 0 Å². The van der Waals surface area contributed by atoms with Gasteiger partial charge in [-0.3, -0.25) is 10.00 Å². The summed E-state index contributed by atoms with van der Waals surface area (Å²) in [5.74, 6) is 1.65. The van der Waals surface area contributed by atoms with E-state index < -0.39 is 0 Å². The molecule has 0 bridgehead atoms. The number of anilines is 2. The molecule has 1 atom stereocenters. The predicted molar refractivity (Wildman–Crippen MR) is 82.7 cm³/mol. The van der Waals surface area contributed by atoms with E-state index >= 15 is 0 Å². The minimum absolute atomic E-state index is 0.646. The molecule has 21 heavy (non-hydrogen) atoms. The summed E-state index contributed by atoms with van der Waals surface area (Å²) in [4.78, 5) is 14.1. The summed E-state index contributed by atoms with van der Waals surface area (Å²) in [5.41, 5.74) is 0.801. The first kappa shape index (κ1) is 12.8. The Morgan fingerprint density at radius 1 is 1.24 bits per heavy atom. The second kappa shape index (κ2) is 5.14. The van der Waals surface area contributed by atoms with Crippen LogP contribution in [0.4, 0.5) is 11.8 Å². The quantitative estimate of drug-likeness (QED) is 0.861. The molecule has 2 fully saturated rings. The third kappa shape index (κ3) is 2.21. The Balaban J connectivity index is 1.67. The van der Waals surface area contributed by atoms with Gasteiger partial charge in [0.15, 0.2) is 5.65 Å². The molecule has 1 unspecified atom stereocenters. The van der Waals surface area contributed by atoms with Crippen LogP contribution < -0.4 is 10.2 Å². The van der Waals surface area contributed by atoms with E-state index in [1.54, 1.807) is 0 Å². The summed E-state index contributed by atoms with van der Waals surface area (Å²) in [6.07, 6.45) is 5.83. The molecular weight excluding hydrogens is 266 g/mol. The van der Waals surface area contributed by atoms with Crippen LogP contribution in [-0.2, 0) is 0 Å². The van der Waals surface area contributed by atoms with Crippen LogP contribution in [0.2, 0.25) is 0 Å². The molecule has 0 spiro atoms. The lowest BCUT2D eigenvalue weighted by molar-refractivity contribution is 0.133. The topological polar surface area (TPSA) is 73.0 Å². The van der Waals surface area contributed by atoms with Crippen molar-refractivity contribution in [2.45, 2.75) is 25.3 Å². The van der Waals surface area contributed by atoms with Crippen LogP contribution in [-0.4, -0.2) is 64.3 Å². The van der Waals surface area contributed by atoms with E-state index in [9.17, 15) is 0 Å². The minimum Gasteiger partial charge on any atom is -0.357 e. The van der Waals surface area contributed by atoms with Crippen molar-refractivity contribution in [3.05, 3.63) is 6.20 Å². The molecule has 7 heteroatoms. The van der Waals surface area contributed by atoms with Crippen LogP contribution in [0.25, 0.3) is 11.0 Å². The summed E-state index contributed by atoms with van der Waals surface area (Å²) >= 11 is 0. The predicted octanol–water partition coefficient (Wildman–Crippen LogP) is 1.07. The van der Waals surface area contributed by atoms with E-state index in [-0.39, 0.29) is 0 Å². The third-order valence-corrected chi connectivity index (χ3v) is 4.65. The average molecular weight is 287 g/mol. The maximum atomic E-state index is 4.68. The number of fused-ring (bicyclic) bond motifs is 2. The van der Waals surface area contributed by atoms with E-state index in [1.807, 2.05) is 13.2 Å². The first-order valence-corrected chi connectivity index (χ1v) is 7.73. The number of piperazine rings is 1. The fourth-order valence-electron chi connectivity index (χ4n) is 3.52. The van der Waals surface area contributed by atoms with Crippen molar-refractivity contribution in [2.24, 2.45) is 0 Å². The smallest absolute Gasteiger partial charge is 0.226 e. The van der Waals surface area contributed by atoms with Crippen molar-refractivity contribution in [1.82, 2.24) is 25.1 Å². The zero-order chi connectivity index (χ0) is 14.2. The van der Waals surface area contributed by atoms with Crippen molar-refractivity contribution in [3.63, 3.8) is 0 Å². The number of nitrogens with zero attached hydrogens (tertiary/aromatic N) is 5. The van der Waals surface area contributed by atoms with Gasteiger partial charge in [0.2, 0.25) is 5.95 Å². The van der Waals surface area contributed by atoms with Gasteiger partial charge in [0, 0.05) is 32.7 Å². The molecule has 0 aromatic carbocycles. The zero-order valence-electron chi connectivity index (χ0n) is 12.3. The van der Waals surface area contributed by atoms with E-state index in [0.717, 1.165) is 36.5 Å². The van der Waals surface area contributed by atoms with Crippen LogP contribution >= 0.6 is 0 Å². The summed E-state index contributed by atoms with van der Waals surface area (Å²) < 4.78 is 0. The Hall–Kier alpha value is -1.89. The number of hydrogen-bond acceptors (Lipinski definition) is 6. The molecule has 4 heterocycles. The highest BCUT2D eigenvalue weighted by atomic mass is 15.3. The summed E-state index contributed by atoms with van der Waals surface area (Å²) in [6.45, 7) is 4.46. The van der Waals surface area contributed by atoms with Crippen LogP contribution in [0, 0.1) is 0 Å². The van der Waals surface area contributed by atoms with Crippen LogP contribution in [0.15, 0.2) is 6.20 Å². The number of H-pyrrole nitrogens is 1. The lowest BCUT2D eigenvalue weighted by Crippen LogP contribution is -2.55. The second-order valence-electron chi connectivity index (χ2n) is 5.88. The summed E-state index contributed by atoms with van der Waals surface area (Å²) in [7, 11) is 1.85. The van der Waals surface area contributed by atoms with Gasteiger partial charge in [0.05, 0.1) is 11.6 Å². The van der Waals surface area contributed by atoms with Crippen molar-refractivity contribution >= 4 is 22.8 Å². The Bertz CT molecular complexity index is 637. The third-order valence-electron chi connectivity index (χ3n) is 4.65. The zero-order valence-corrected chi connectivity index (χ0v) is 12.3. The van der Waals surface area contributed by atoms with Gasteiger partial charge >= 0.3 is 0 Å². The summed E-state index contributed by atoms with van der Waals surface area (Å²) in [6, 6.07) is 0.669. The molecule has 4 rings (SSSR count). The highest BCUT2D eigenvalue weighted by molar-refractivity contribution is 5.87. The van der Waals surface area contributed by atoms with Gasteiger partial charge in [-0.1, -0.05) is 6.42 Å². The number of aromatic nitrogens is 4. The van der Waals surface area contributed by atoms with Crippen molar-refractivity contribution < 1.29 is 0 Å². The average Bonchev–Trinajstić information content (AvgIpc) is 3.01. The normalized spacial score (nSPS) is 23.3. The Morgan fingerprint density at radius 2 is 2.19 bits per heavy atom. The standard InChI is InChI=1S/C14H21N7/c1-15-14-17-12-11(8-16-19-12)13(18-14)21-7-6-20-5-3-2-4-10(20)9-21/h8,10H,2-7,9H2,1H3,(H2,15,16,17,18,19). The van der Waals surface area contributed by atoms with E-state index in [1.165, 1.54) is 25.8 Å². The highest BCUT2D eigenvalue weighted by Crippen LogP contribution is 2.28. The number of aromatic amines is 1. The lowest BCUT2D eigenvalue weighted by Gasteiger charge is -2.44. The first-order chi connectivity index (χ1) is 10.3. The number of hydrogen-bond donors (Lipinski definition) is 2. The molecule has 0 saturated carbocycles. The molecule has 112 valence electrons. The van der Waals surface area contributed by atoms with Gasteiger partial charge < -0.3 is 10.2 Å². The molecular formula is C14H21N7. The fraction of sp³-hybridized carbons (Fsp3) is 0.643. The van der Waals surface area contributed by atoms with Crippen LogP contribution in [0.1, 0.15) is 19.3 Å². The Labute approximate surface area is 123 Å². The number of nitrogens with one attached hydrogen (secondary N) is 2. The number of rotatable bonds is 2. The maximum Gasteiger partial charge on any atom is 0.226 e. The highest BCUT2D eigenvalue weighted by Gasteiger charge is 2.30. The lowest BCUT2D eigenvalue weighted by atomic mass is 9.99.